The van der Waals surface area contributed by atoms with Gasteiger partial charge in [0.1, 0.15) is 0 Å². The van der Waals surface area contributed by atoms with Crippen molar-refractivity contribution in [2.45, 2.75) is 32.4 Å². The van der Waals surface area contributed by atoms with E-state index in [0.717, 1.165) is 6.54 Å². The third-order valence-corrected chi connectivity index (χ3v) is 2.96. The number of hydrogen-bond acceptors (Lipinski definition) is 3. The van der Waals surface area contributed by atoms with Crippen LogP contribution >= 0.6 is 0 Å². The molecule has 2 atom stereocenters. The van der Waals surface area contributed by atoms with Gasteiger partial charge in [0.15, 0.2) is 0 Å². The fourth-order valence-corrected chi connectivity index (χ4v) is 2.00. The second-order valence-electron chi connectivity index (χ2n) is 4.12. The second-order valence-corrected chi connectivity index (χ2v) is 4.12. The predicted molar refractivity (Wildman–Crippen MR) is 55.5 cm³/mol. The molecule has 1 aliphatic heterocycles. The Hall–Kier alpha value is -1.10. The molecule has 0 bridgehead atoms. The summed E-state index contributed by atoms with van der Waals surface area (Å²) in [6, 6.07) is -0.298. The molecule has 1 amide bonds. The highest BCUT2D eigenvalue weighted by molar-refractivity contribution is 5.82. The van der Waals surface area contributed by atoms with Gasteiger partial charge in [0.25, 0.3) is 0 Å². The van der Waals surface area contributed by atoms with Crippen molar-refractivity contribution >= 4 is 11.9 Å². The second kappa shape index (κ2) is 4.61. The average molecular weight is 214 g/mol. The van der Waals surface area contributed by atoms with Crippen molar-refractivity contribution in [2.75, 3.05) is 20.1 Å². The molecule has 2 unspecified atom stereocenters. The van der Waals surface area contributed by atoms with Gasteiger partial charge < -0.3 is 10.0 Å². The molecule has 0 aliphatic carbocycles. The summed E-state index contributed by atoms with van der Waals surface area (Å²) in [4.78, 5) is 25.9. The molecule has 0 radical (unpaired) electrons. The lowest BCUT2D eigenvalue weighted by molar-refractivity contribution is -0.144. The van der Waals surface area contributed by atoms with Crippen LogP contribution in [0.5, 0.6) is 0 Å². The summed E-state index contributed by atoms with van der Waals surface area (Å²) in [5.41, 5.74) is 0. The standard InChI is InChI=1S/C10H18N2O3/c1-7(6-9(13)14)12-5-4-11(3)10(15)8(12)2/h7-8H,4-6H2,1-3H3,(H,13,14). The van der Waals surface area contributed by atoms with Crippen molar-refractivity contribution in [1.82, 2.24) is 9.80 Å². The van der Waals surface area contributed by atoms with E-state index in [9.17, 15) is 9.59 Å². The minimum Gasteiger partial charge on any atom is -0.481 e. The third kappa shape index (κ3) is 2.68. The number of carbonyl (C=O) groups excluding carboxylic acids is 1. The van der Waals surface area contributed by atoms with E-state index in [4.69, 9.17) is 5.11 Å². The van der Waals surface area contributed by atoms with Crippen LogP contribution in [-0.2, 0) is 9.59 Å². The summed E-state index contributed by atoms with van der Waals surface area (Å²) >= 11 is 0. The molecule has 0 aromatic heterocycles. The van der Waals surface area contributed by atoms with E-state index >= 15 is 0 Å². The van der Waals surface area contributed by atoms with Crippen LogP contribution in [-0.4, -0.2) is 59.0 Å². The molecule has 1 rings (SSSR count). The molecule has 5 nitrogen and oxygen atoms in total. The largest absolute Gasteiger partial charge is 0.481 e. The van der Waals surface area contributed by atoms with E-state index in [1.54, 1.807) is 11.9 Å². The molecule has 1 fully saturated rings. The van der Waals surface area contributed by atoms with E-state index in [2.05, 4.69) is 0 Å². The van der Waals surface area contributed by atoms with Crippen molar-refractivity contribution in [3.63, 3.8) is 0 Å². The van der Waals surface area contributed by atoms with Crippen LogP contribution in [0, 0.1) is 0 Å². The molecule has 5 heteroatoms. The van der Waals surface area contributed by atoms with Gasteiger partial charge >= 0.3 is 5.97 Å². The summed E-state index contributed by atoms with van der Waals surface area (Å²) in [6.45, 7) is 5.10. The van der Waals surface area contributed by atoms with Gasteiger partial charge in [-0.15, -0.1) is 0 Å². The smallest absolute Gasteiger partial charge is 0.304 e. The fraction of sp³-hybridized carbons (Fsp3) is 0.800. The maximum atomic E-state index is 11.7. The van der Waals surface area contributed by atoms with Crippen LogP contribution in [0.1, 0.15) is 20.3 Å². The molecule has 0 aromatic carbocycles. The maximum absolute atomic E-state index is 11.7. The van der Waals surface area contributed by atoms with Crippen LogP contribution < -0.4 is 0 Å². The highest BCUT2D eigenvalue weighted by atomic mass is 16.4. The quantitative estimate of drug-likeness (QED) is 0.719. The Labute approximate surface area is 89.7 Å². The Bertz CT molecular complexity index is 267. The first-order valence-electron chi connectivity index (χ1n) is 5.16. The van der Waals surface area contributed by atoms with Crippen molar-refractivity contribution in [2.24, 2.45) is 0 Å². The van der Waals surface area contributed by atoms with Crippen molar-refractivity contribution in [1.29, 1.82) is 0 Å². The number of rotatable bonds is 3. The van der Waals surface area contributed by atoms with Gasteiger partial charge in [0.05, 0.1) is 12.5 Å². The Morgan fingerprint density at radius 2 is 2.20 bits per heavy atom. The van der Waals surface area contributed by atoms with Crippen molar-refractivity contribution in [3.8, 4) is 0 Å². The van der Waals surface area contributed by atoms with E-state index in [1.165, 1.54) is 0 Å². The zero-order valence-electron chi connectivity index (χ0n) is 9.43. The molecule has 15 heavy (non-hydrogen) atoms. The molecule has 0 spiro atoms. The average Bonchev–Trinajstić information content (AvgIpc) is 2.13. The summed E-state index contributed by atoms with van der Waals surface area (Å²) in [5, 5.41) is 8.70. The van der Waals surface area contributed by atoms with Gasteiger partial charge in [0, 0.05) is 26.2 Å². The van der Waals surface area contributed by atoms with E-state index in [-0.39, 0.29) is 24.4 Å². The first-order valence-corrected chi connectivity index (χ1v) is 5.16. The molecule has 1 N–H and O–H groups in total. The number of carboxylic acids is 1. The summed E-state index contributed by atoms with van der Waals surface area (Å²) in [6.07, 6.45) is 0.0847. The van der Waals surface area contributed by atoms with E-state index in [1.807, 2.05) is 18.7 Å². The monoisotopic (exact) mass is 214 g/mol. The number of piperazine rings is 1. The highest BCUT2D eigenvalue weighted by Gasteiger charge is 2.32. The van der Waals surface area contributed by atoms with Crippen LogP contribution in [0.25, 0.3) is 0 Å². The Kier molecular flexibility index (Phi) is 3.68. The Morgan fingerprint density at radius 3 is 2.73 bits per heavy atom. The molecular formula is C10H18N2O3. The molecule has 1 heterocycles. The van der Waals surface area contributed by atoms with E-state index in [0.29, 0.717) is 6.54 Å². The lowest BCUT2D eigenvalue weighted by Crippen LogP contribution is -2.57. The third-order valence-electron chi connectivity index (χ3n) is 2.96. The summed E-state index contributed by atoms with van der Waals surface area (Å²) in [5.74, 6) is -0.750. The predicted octanol–water partition coefficient (Wildman–Crippen LogP) is 0.0121. The van der Waals surface area contributed by atoms with Gasteiger partial charge in [-0.1, -0.05) is 0 Å². The minimum absolute atomic E-state index is 0.0680. The first-order chi connectivity index (χ1) is 6.93. The SMILES string of the molecule is CC(CC(=O)O)N1CCN(C)C(=O)C1C. The zero-order valence-corrected chi connectivity index (χ0v) is 9.43. The van der Waals surface area contributed by atoms with Crippen LogP contribution in [0.4, 0.5) is 0 Å². The minimum atomic E-state index is -0.818. The fourth-order valence-electron chi connectivity index (χ4n) is 2.00. The number of nitrogens with zero attached hydrogens (tertiary/aromatic N) is 2. The molecule has 86 valence electrons. The first kappa shape index (κ1) is 12.0. The van der Waals surface area contributed by atoms with E-state index < -0.39 is 5.97 Å². The number of likely N-dealkylation sites (N-methyl/N-ethyl adjacent to an activating group) is 1. The summed E-state index contributed by atoms with van der Waals surface area (Å²) in [7, 11) is 1.78. The highest BCUT2D eigenvalue weighted by Crippen LogP contribution is 2.15. The molecule has 1 saturated heterocycles. The van der Waals surface area contributed by atoms with Crippen LogP contribution in [0.2, 0.25) is 0 Å². The Balaban J connectivity index is 2.62. The normalized spacial score (nSPS) is 25.4. The lowest BCUT2D eigenvalue weighted by Gasteiger charge is -2.40. The van der Waals surface area contributed by atoms with Gasteiger partial charge in [-0.25, -0.2) is 0 Å². The van der Waals surface area contributed by atoms with Gasteiger partial charge in [0.2, 0.25) is 5.91 Å². The molecule has 0 saturated carbocycles. The van der Waals surface area contributed by atoms with Crippen LogP contribution in [0.15, 0.2) is 0 Å². The molecule has 1 aliphatic rings. The molecule has 0 aromatic rings. The summed E-state index contributed by atoms with van der Waals surface area (Å²) < 4.78 is 0. The Morgan fingerprint density at radius 1 is 1.60 bits per heavy atom. The topological polar surface area (TPSA) is 60.9 Å². The van der Waals surface area contributed by atoms with Crippen molar-refractivity contribution < 1.29 is 14.7 Å². The molecular weight excluding hydrogens is 196 g/mol. The number of carbonyl (C=O) groups is 2. The van der Waals surface area contributed by atoms with Crippen LogP contribution in [0.3, 0.4) is 0 Å². The lowest BCUT2D eigenvalue weighted by atomic mass is 10.1. The zero-order chi connectivity index (χ0) is 11.6. The number of hydrogen-bond donors (Lipinski definition) is 1. The number of aliphatic carboxylic acids is 1. The van der Waals surface area contributed by atoms with Gasteiger partial charge in [-0.05, 0) is 13.8 Å². The number of amides is 1. The van der Waals surface area contributed by atoms with Gasteiger partial charge in [-0.2, -0.15) is 0 Å². The van der Waals surface area contributed by atoms with Crippen molar-refractivity contribution in [3.05, 3.63) is 0 Å². The maximum Gasteiger partial charge on any atom is 0.304 e. The van der Waals surface area contributed by atoms with Gasteiger partial charge in [-0.3, -0.25) is 14.5 Å². The number of carboxylic acid groups (broad SMARTS) is 1.